The highest BCUT2D eigenvalue weighted by Crippen LogP contribution is 2.16. The Kier molecular flexibility index (Phi) is 3.29. The molecule has 0 aromatic carbocycles. The number of aromatic nitrogens is 1. The van der Waals surface area contributed by atoms with Gasteiger partial charge in [0.05, 0.1) is 0 Å². The van der Waals surface area contributed by atoms with E-state index in [2.05, 4.69) is 0 Å². The van der Waals surface area contributed by atoms with Gasteiger partial charge in [-0.15, -0.1) is 0 Å². The molecule has 0 spiro atoms. The van der Waals surface area contributed by atoms with Crippen LogP contribution in [-0.4, -0.2) is 15.6 Å². The molecular weight excluding hydrogens is 194 g/mol. The zero-order valence-electron chi connectivity index (χ0n) is 9.15. The van der Waals surface area contributed by atoms with Gasteiger partial charge in [0.2, 0.25) is 0 Å². The first-order chi connectivity index (χ1) is 6.97. The van der Waals surface area contributed by atoms with Crippen molar-refractivity contribution >= 4 is 5.97 Å². The minimum Gasteiger partial charge on any atom is -0.480 e. The van der Waals surface area contributed by atoms with Gasteiger partial charge in [0.25, 0.3) is 0 Å². The third-order valence-corrected chi connectivity index (χ3v) is 2.45. The van der Waals surface area contributed by atoms with Crippen molar-refractivity contribution in [2.75, 3.05) is 0 Å². The summed E-state index contributed by atoms with van der Waals surface area (Å²) in [7, 11) is 0. The molecule has 0 aliphatic heterocycles. The van der Waals surface area contributed by atoms with Crippen molar-refractivity contribution in [2.45, 2.75) is 33.2 Å². The molecule has 15 heavy (non-hydrogen) atoms. The second-order valence-electron chi connectivity index (χ2n) is 3.61. The lowest BCUT2D eigenvalue weighted by molar-refractivity contribution is -0.141. The standard InChI is InChI=1S/C11H15NO3/c1-4-10(11(14)15)12-7(2)5-9(13)6-8(12)3/h5-6,10H,4H2,1-3H3,(H,14,15). The van der Waals surface area contributed by atoms with Crippen molar-refractivity contribution in [1.82, 2.24) is 4.57 Å². The highest BCUT2D eigenvalue weighted by atomic mass is 16.4. The van der Waals surface area contributed by atoms with E-state index in [9.17, 15) is 9.59 Å². The topological polar surface area (TPSA) is 59.3 Å². The average molecular weight is 209 g/mol. The molecule has 0 aliphatic carbocycles. The molecule has 0 aliphatic rings. The number of rotatable bonds is 3. The van der Waals surface area contributed by atoms with Gasteiger partial charge in [-0.1, -0.05) is 6.92 Å². The molecule has 1 aromatic heterocycles. The summed E-state index contributed by atoms with van der Waals surface area (Å²) in [6, 6.07) is 2.32. The molecule has 1 aromatic rings. The van der Waals surface area contributed by atoms with Crippen molar-refractivity contribution in [2.24, 2.45) is 0 Å². The Labute approximate surface area is 88.2 Å². The van der Waals surface area contributed by atoms with E-state index in [-0.39, 0.29) is 5.43 Å². The molecule has 4 nitrogen and oxygen atoms in total. The molecule has 4 heteroatoms. The van der Waals surface area contributed by atoms with Gasteiger partial charge in [-0.25, -0.2) is 4.79 Å². The molecule has 0 saturated heterocycles. The van der Waals surface area contributed by atoms with Crippen LogP contribution in [0.4, 0.5) is 0 Å². The molecule has 0 radical (unpaired) electrons. The van der Waals surface area contributed by atoms with Crippen LogP contribution in [0.15, 0.2) is 16.9 Å². The SMILES string of the molecule is CCC(C(=O)O)n1c(C)cc(=O)cc1C. The van der Waals surface area contributed by atoms with E-state index in [1.54, 1.807) is 18.4 Å². The first-order valence-electron chi connectivity index (χ1n) is 4.90. The van der Waals surface area contributed by atoms with E-state index in [0.29, 0.717) is 17.8 Å². The van der Waals surface area contributed by atoms with Gasteiger partial charge in [0.15, 0.2) is 5.43 Å². The monoisotopic (exact) mass is 209 g/mol. The largest absolute Gasteiger partial charge is 0.480 e. The van der Waals surface area contributed by atoms with E-state index in [1.165, 1.54) is 12.1 Å². The fourth-order valence-corrected chi connectivity index (χ4v) is 1.83. The number of aryl methyl sites for hydroxylation is 2. The first kappa shape index (κ1) is 11.5. The first-order valence-corrected chi connectivity index (χ1v) is 4.90. The second kappa shape index (κ2) is 4.29. The summed E-state index contributed by atoms with van der Waals surface area (Å²) in [6.45, 7) is 5.32. The van der Waals surface area contributed by atoms with Gasteiger partial charge in [-0.05, 0) is 20.3 Å². The Hall–Kier alpha value is -1.58. The molecule has 0 fully saturated rings. The zero-order chi connectivity index (χ0) is 11.6. The predicted molar refractivity (Wildman–Crippen MR) is 57.1 cm³/mol. The highest BCUT2D eigenvalue weighted by molar-refractivity contribution is 5.72. The molecule has 82 valence electrons. The quantitative estimate of drug-likeness (QED) is 0.820. The van der Waals surface area contributed by atoms with E-state index in [1.807, 2.05) is 6.92 Å². The van der Waals surface area contributed by atoms with E-state index in [4.69, 9.17) is 5.11 Å². The van der Waals surface area contributed by atoms with Crippen molar-refractivity contribution in [3.63, 3.8) is 0 Å². The van der Waals surface area contributed by atoms with Crippen molar-refractivity contribution in [1.29, 1.82) is 0 Å². The van der Waals surface area contributed by atoms with Crippen LogP contribution >= 0.6 is 0 Å². The highest BCUT2D eigenvalue weighted by Gasteiger charge is 2.19. The summed E-state index contributed by atoms with van der Waals surface area (Å²) in [5.74, 6) is -0.868. The number of aliphatic carboxylic acids is 1. The van der Waals surface area contributed by atoms with Gasteiger partial charge in [0.1, 0.15) is 6.04 Å². The molecule has 0 saturated carbocycles. The molecular formula is C11H15NO3. The predicted octanol–water partition coefficient (Wildman–Crippen LogP) is 1.50. The normalized spacial score (nSPS) is 12.5. The maximum atomic E-state index is 11.2. The third-order valence-electron chi connectivity index (χ3n) is 2.45. The zero-order valence-corrected chi connectivity index (χ0v) is 9.15. The summed E-state index contributed by atoms with van der Waals surface area (Å²) >= 11 is 0. The van der Waals surface area contributed by atoms with E-state index < -0.39 is 12.0 Å². The number of hydrogen-bond acceptors (Lipinski definition) is 2. The van der Waals surface area contributed by atoms with E-state index in [0.717, 1.165) is 0 Å². The molecule has 1 atom stereocenters. The van der Waals surface area contributed by atoms with Crippen LogP contribution in [0, 0.1) is 13.8 Å². The number of carboxylic acids is 1. The van der Waals surface area contributed by atoms with Crippen LogP contribution in [0.25, 0.3) is 0 Å². The van der Waals surface area contributed by atoms with Crippen LogP contribution < -0.4 is 5.43 Å². The number of carbonyl (C=O) groups is 1. The van der Waals surface area contributed by atoms with Crippen molar-refractivity contribution in [3.8, 4) is 0 Å². The molecule has 0 bridgehead atoms. The average Bonchev–Trinajstić information content (AvgIpc) is 2.09. The molecule has 1 heterocycles. The summed E-state index contributed by atoms with van der Waals surface area (Å²) in [4.78, 5) is 22.2. The molecule has 0 amide bonds. The summed E-state index contributed by atoms with van der Waals surface area (Å²) in [5, 5.41) is 9.05. The van der Waals surface area contributed by atoms with Gasteiger partial charge in [-0.2, -0.15) is 0 Å². The van der Waals surface area contributed by atoms with Gasteiger partial charge in [0, 0.05) is 23.5 Å². The lowest BCUT2D eigenvalue weighted by Gasteiger charge is -2.20. The van der Waals surface area contributed by atoms with Crippen molar-refractivity contribution < 1.29 is 9.90 Å². The summed E-state index contributed by atoms with van der Waals surface area (Å²) in [6.07, 6.45) is 0.500. The molecule has 1 unspecified atom stereocenters. The minimum atomic E-state index is -0.868. The summed E-state index contributed by atoms with van der Waals surface area (Å²) in [5.41, 5.74) is 1.30. The Bertz CT molecular complexity index is 408. The maximum absolute atomic E-state index is 11.2. The number of hydrogen-bond donors (Lipinski definition) is 1. The second-order valence-corrected chi connectivity index (χ2v) is 3.61. The fraction of sp³-hybridized carbons (Fsp3) is 0.455. The number of pyridine rings is 1. The van der Waals surface area contributed by atoms with Crippen molar-refractivity contribution in [3.05, 3.63) is 33.7 Å². The third kappa shape index (κ3) is 2.26. The van der Waals surface area contributed by atoms with Gasteiger partial charge >= 0.3 is 5.97 Å². The maximum Gasteiger partial charge on any atom is 0.326 e. The molecule has 1 rings (SSSR count). The summed E-state index contributed by atoms with van der Waals surface area (Å²) < 4.78 is 1.68. The minimum absolute atomic E-state index is 0.0820. The fourth-order valence-electron chi connectivity index (χ4n) is 1.83. The van der Waals surface area contributed by atoms with Gasteiger partial charge in [-0.3, -0.25) is 4.79 Å². The Balaban J connectivity index is 3.35. The van der Waals surface area contributed by atoms with Crippen LogP contribution in [0.1, 0.15) is 30.8 Å². The van der Waals surface area contributed by atoms with Gasteiger partial charge < -0.3 is 9.67 Å². The Morgan fingerprint density at radius 2 is 1.87 bits per heavy atom. The number of carboxylic acid groups (broad SMARTS) is 1. The lowest BCUT2D eigenvalue weighted by Crippen LogP contribution is -2.24. The van der Waals surface area contributed by atoms with Crippen LogP contribution in [0.2, 0.25) is 0 Å². The Morgan fingerprint density at radius 1 is 1.40 bits per heavy atom. The van der Waals surface area contributed by atoms with Crippen LogP contribution in [-0.2, 0) is 4.79 Å². The van der Waals surface area contributed by atoms with Crippen LogP contribution in [0.3, 0.4) is 0 Å². The molecule has 1 N–H and O–H groups in total. The van der Waals surface area contributed by atoms with E-state index >= 15 is 0 Å². The number of nitrogens with zero attached hydrogens (tertiary/aromatic N) is 1. The lowest BCUT2D eigenvalue weighted by atomic mass is 10.1. The Morgan fingerprint density at radius 3 is 2.20 bits per heavy atom. The smallest absolute Gasteiger partial charge is 0.326 e. The van der Waals surface area contributed by atoms with Crippen LogP contribution in [0.5, 0.6) is 0 Å².